The summed E-state index contributed by atoms with van der Waals surface area (Å²) in [6.07, 6.45) is 0. The van der Waals surface area contributed by atoms with Crippen molar-refractivity contribution in [1.82, 2.24) is 16.0 Å². The van der Waals surface area contributed by atoms with Crippen molar-refractivity contribution in [1.29, 1.82) is 0 Å². The summed E-state index contributed by atoms with van der Waals surface area (Å²) in [5.41, 5.74) is 1.85. The topological polar surface area (TPSA) is 70.2 Å². The highest BCUT2D eigenvalue weighted by Gasteiger charge is 2.27. The van der Waals surface area contributed by atoms with E-state index in [-0.39, 0.29) is 6.04 Å². The van der Waals surface area contributed by atoms with Crippen molar-refractivity contribution in [2.24, 2.45) is 0 Å². The third kappa shape index (κ3) is 5.06. The molecular weight excluding hydrogens is 370 g/mol. The first-order valence-corrected chi connectivity index (χ1v) is 10.0. The lowest BCUT2D eigenvalue weighted by atomic mass is 10.0. The van der Waals surface area contributed by atoms with E-state index >= 15 is 0 Å². The van der Waals surface area contributed by atoms with Gasteiger partial charge in [-0.15, -0.1) is 11.3 Å². The Kier molecular flexibility index (Phi) is 6.94. The second kappa shape index (κ2) is 9.82. The Bertz CT molecular complexity index is 883. The summed E-state index contributed by atoms with van der Waals surface area (Å²) in [4.78, 5) is 25.9. The van der Waals surface area contributed by atoms with E-state index in [1.54, 1.807) is 18.3 Å². The van der Waals surface area contributed by atoms with Gasteiger partial charge in [-0.2, -0.15) is 0 Å². The fourth-order valence-electron chi connectivity index (χ4n) is 2.97. The van der Waals surface area contributed by atoms with Gasteiger partial charge in [0.05, 0.1) is 6.04 Å². The molecule has 3 rings (SSSR count). The smallest absolute Gasteiger partial charge is 0.321 e. The number of carbonyl (C=O) groups is 2. The molecule has 0 spiro atoms. The van der Waals surface area contributed by atoms with E-state index < -0.39 is 18.0 Å². The molecule has 3 amide bonds. The number of thiophene rings is 1. The van der Waals surface area contributed by atoms with Crippen LogP contribution in [0.2, 0.25) is 0 Å². The lowest BCUT2D eigenvalue weighted by molar-refractivity contribution is -0.122. The second-order valence-electron chi connectivity index (χ2n) is 6.22. The van der Waals surface area contributed by atoms with Gasteiger partial charge in [0.15, 0.2) is 0 Å². The summed E-state index contributed by atoms with van der Waals surface area (Å²) < 4.78 is 0. The molecular formula is C22H23N3O2S. The number of carbonyl (C=O) groups excluding carboxylic acids is 2. The Morgan fingerprint density at radius 2 is 1.54 bits per heavy atom. The van der Waals surface area contributed by atoms with Crippen LogP contribution in [-0.4, -0.2) is 18.5 Å². The Hall–Kier alpha value is -2.96. The average molecular weight is 394 g/mol. The minimum atomic E-state index is -0.684. The zero-order valence-electron chi connectivity index (χ0n) is 15.6. The third-order valence-electron chi connectivity index (χ3n) is 4.26. The predicted octanol–water partition coefficient (Wildman–Crippen LogP) is 4.01. The summed E-state index contributed by atoms with van der Waals surface area (Å²) in [6.45, 7) is 2.25. The Balaban J connectivity index is 1.92. The lowest BCUT2D eigenvalue weighted by Gasteiger charge is -2.25. The molecule has 0 radical (unpaired) electrons. The molecule has 5 nitrogen and oxygen atoms in total. The molecule has 3 N–H and O–H groups in total. The summed E-state index contributed by atoms with van der Waals surface area (Å²) in [6, 6.07) is 22.1. The van der Waals surface area contributed by atoms with Crippen molar-refractivity contribution in [3.8, 4) is 0 Å². The molecule has 0 aliphatic rings. The maximum Gasteiger partial charge on any atom is 0.321 e. The van der Waals surface area contributed by atoms with Gasteiger partial charge in [0.1, 0.15) is 6.04 Å². The van der Waals surface area contributed by atoms with Crippen molar-refractivity contribution in [3.05, 3.63) is 94.2 Å². The molecule has 1 heterocycles. The van der Waals surface area contributed by atoms with Crippen molar-refractivity contribution in [3.63, 3.8) is 0 Å². The SMILES string of the molecule is CCNC(=O)NC(=O)[C@H](N[C@H](c1ccccc1)c1cccs1)c1ccccc1. The maximum atomic E-state index is 12.9. The first-order valence-electron chi connectivity index (χ1n) is 9.17. The zero-order chi connectivity index (χ0) is 19.8. The molecule has 3 aromatic rings. The highest BCUT2D eigenvalue weighted by molar-refractivity contribution is 7.10. The summed E-state index contributed by atoms with van der Waals surface area (Å²) >= 11 is 1.62. The number of hydrogen-bond donors (Lipinski definition) is 3. The van der Waals surface area contributed by atoms with Crippen molar-refractivity contribution >= 4 is 23.3 Å². The summed E-state index contributed by atoms with van der Waals surface area (Å²) in [5.74, 6) is -0.394. The van der Waals surface area contributed by atoms with E-state index in [1.165, 1.54) is 0 Å². The number of imide groups is 1. The molecule has 0 saturated carbocycles. The van der Waals surface area contributed by atoms with Gasteiger partial charge in [-0.1, -0.05) is 66.7 Å². The van der Waals surface area contributed by atoms with Crippen LogP contribution in [0.25, 0.3) is 0 Å². The Morgan fingerprint density at radius 1 is 0.893 bits per heavy atom. The zero-order valence-corrected chi connectivity index (χ0v) is 16.4. The number of hydrogen-bond acceptors (Lipinski definition) is 4. The van der Waals surface area contributed by atoms with E-state index in [4.69, 9.17) is 0 Å². The second-order valence-corrected chi connectivity index (χ2v) is 7.20. The van der Waals surface area contributed by atoms with Crippen LogP contribution in [-0.2, 0) is 4.79 Å². The molecule has 6 heteroatoms. The number of urea groups is 1. The molecule has 28 heavy (non-hydrogen) atoms. The van der Waals surface area contributed by atoms with Gasteiger partial charge in [-0.05, 0) is 29.5 Å². The van der Waals surface area contributed by atoms with Crippen molar-refractivity contribution < 1.29 is 9.59 Å². The number of benzene rings is 2. The monoisotopic (exact) mass is 393 g/mol. The minimum Gasteiger partial charge on any atom is -0.338 e. The Labute approximate surface area is 168 Å². The molecule has 144 valence electrons. The number of rotatable bonds is 7. The largest absolute Gasteiger partial charge is 0.338 e. The summed E-state index contributed by atoms with van der Waals surface area (Å²) in [5, 5.41) is 10.5. The van der Waals surface area contributed by atoms with Crippen LogP contribution in [0.5, 0.6) is 0 Å². The van der Waals surface area contributed by atoms with Crippen molar-refractivity contribution in [2.45, 2.75) is 19.0 Å². The average Bonchev–Trinajstić information content (AvgIpc) is 3.24. The van der Waals surface area contributed by atoms with Crippen LogP contribution in [0.3, 0.4) is 0 Å². The first-order chi connectivity index (χ1) is 13.7. The first kappa shape index (κ1) is 19.8. The molecule has 0 saturated heterocycles. The van der Waals surface area contributed by atoms with Crippen molar-refractivity contribution in [2.75, 3.05) is 6.54 Å². The Morgan fingerprint density at radius 3 is 2.11 bits per heavy atom. The fourth-order valence-corrected chi connectivity index (χ4v) is 3.78. The molecule has 2 aromatic carbocycles. The molecule has 1 aromatic heterocycles. The van der Waals surface area contributed by atoms with Gasteiger partial charge < -0.3 is 5.32 Å². The van der Waals surface area contributed by atoms with Crippen LogP contribution >= 0.6 is 11.3 Å². The van der Waals surface area contributed by atoms with Gasteiger partial charge in [-0.25, -0.2) is 4.79 Å². The fraction of sp³-hybridized carbons (Fsp3) is 0.182. The van der Waals surface area contributed by atoms with Crippen LogP contribution in [0, 0.1) is 0 Å². The summed E-state index contributed by atoms with van der Waals surface area (Å²) in [7, 11) is 0. The van der Waals surface area contributed by atoms with Crippen LogP contribution in [0.4, 0.5) is 4.79 Å². The van der Waals surface area contributed by atoms with Gasteiger partial charge >= 0.3 is 6.03 Å². The van der Waals surface area contributed by atoms with Gasteiger partial charge in [0, 0.05) is 11.4 Å². The van der Waals surface area contributed by atoms with E-state index in [1.807, 2.05) is 78.2 Å². The highest BCUT2D eigenvalue weighted by Crippen LogP contribution is 2.29. The van der Waals surface area contributed by atoms with Gasteiger partial charge in [0.25, 0.3) is 0 Å². The minimum absolute atomic E-state index is 0.175. The molecule has 0 unspecified atom stereocenters. The quantitative estimate of drug-likeness (QED) is 0.568. The molecule has 2 atom stereocenters. The molecule has 0 fully saturated rings. The maximum absolute atomic E-state index is 12.9. The van der Waals surface area contributed by atoms with Gasteiger partial charge in [-0.3, -0.25) is 15.4 Å². The van der Waals surface area contributed by atoms with E-state index in [0.717, 1.165) is 16.0 Å². The van der Waals surface area contributed by atoms with Gasteiger partial charge in [0.2, 0.25) is 5.91 Å². The standard InChI is InChI=1S/C22H23N3O2S/c1-2-23-22(27)25-21(26)20(17-12-7-4-8-13-17)24-19(18-14-9-15-28-18)16-10-5-3-6-11-16/h3-15,19-20,24H,2H2,1H3,(H2,23,25,26,27)/t19-,20-/m1/s1. The van der Waals surface area contributed by atoms with Crippen LogP contribution in [0.1, 0.15) is 35.0 Å². The normalized spacial score (nSPS) is 12.8. The third-order valence-corrected chi connectivity index (χ3v) is 5.20. The van der Waals surface area contributed by atoms with Crippen LogP contribution < -0.4 is 16.0 Å². The van der Waals surface area contributed by atoms with E-state index in [9.17, 15) is 9.59 Å². The lowest BCUT2D eigenvalue weighted by Crippen LogP contribution is -2.45. The number of nitrogens with one attached hydrogen (secondary N) is 3. The predicted molar refractivity (Wildman–Crippen MR) is 112 cm³/mol. The highest BCUT2D eigenvalue weighted by atomic mass is 32.1. The van der Waals surface area contributed by atoms with Crippen LogP contribution in [0.15, 0.2) is 78.2 Å². The molecule has 0 aliphatic heterocycles. The van der Waals surface area contributed by atoms with E-state index in [0.29, 0.717) is 6.54 Å². The molecule has 0 aliphatic carbocycles. The number of amides is 3. The molecule has 0 bridgehead atoms. The van der Waals surface area contributed by atoms with E-state index in [2.05, 4.69) is 16.0 Å².